The van der Waals surface area contributed by atoms with Crippen LogP contribution in [0.25, 0.3) is 0 Å². The molecule has 1 aromatic carbocycles. The third kappa shape index (κ3) is 3.03. The van der Waals surface area contributed by atoms with E-state index >= 15 is 0 Å². The normalized spacial score (nSPS) is 18.2. The molecular formula is C13H18BrN3O. The van der Waals surface area contributed by atoms with Crippen LogP contribution in [-0.4, -0.2) is 25.5 Å². The smallest absolute Gasteiger partial charge is 0.239 e. The van der Waals surface area contributed by atoms with Crippen molar-refractivity contribution in [3.8, 4) is 0 Å². The van der Waals surface area contributed by atoms with Gasteiger partial charge < -0.3 is 16.0 Å². The summed E-state index contributed by atoms with van der Waals surface area (Å²) in [6, 6.07) is 6.00. The number of nitrogens with one attached hydrogen (secondary N) is 1. The highest BCUT2D eigenvalue weighted by molar-refractivity contribution is 9.10. The average molecular weight is 312 g/mol. The van der Waals surface area contributed by atoms with Crippen LogP contribution in [0.3, 0.4) is 0 Å². The monoisotopic (exact) mass is 311 g/mol. The molecule has 5 heteroatoms. The van der Waals surface area contributed by atoms with E-state index in [2.05, 4.69) is 26.1 Å². The second-order valence-electron chi connectivity index (χ2n) is 4.62. The van der Waals surface area contributed by atoms with Gasteiger partial charge in [-0.2, -0.15) is 0 Å². The number of nitrogens with two attached hydrogens (primary N) is 1. The number of amides is 1. The number of nitrogens with zero attached hydrogens (tertiary/aromatic N) is 1. The number of anilines is 1. The number of benzene rings is 1. The van der Waals surface area contributed by atoms with E-state index in [9.17, 15) is 4.79 Å². The van der Waals surface area contributed by atoms with Gasteiger partial charge in [0.2, 0.25) is 5.91 Å². The summed E-state index contributed by atoms with van der Waals surface area (Å²) in [5, 5.41) is 2.88. The molecule has 1 saturated heterocycles. The van der Waals surface area contributed by atoms with Crippen LogP contribution < -0.4 is 16.0 Å². The molecule has 1 heterocycles. The Morgan fingerprint density at radius 1 is 1.50 bits per heavy atom. The maximum Gasteiger partial charge on any atom is 0.239 e. The Morgan fingerprint density at radius 3 is 3.00 bits per heavy atom. The highest BCUT2D eigenvalue weighted by atomic mass is 79.9. The van der Waals surface area contributed by atoms with Crippen LogP contribution >= 0.6 is 15.9 Å². The first-order chi connectivity index (χ1) is 8.58. The fraction of sp³-hybridized carbons (Fsp3) is 0.462. The molecule has 98 valence electrons. The Labute approximate surface area is 116 Å². The summed E-state index contributed by atoms with van der Waals surface area (Å²) in [5.41, 5.74) is 8.14. The van der Waals surface area contributed by atoms with E-state index in [0.29, 0.717) is 6.54 Å². The maximum absolute atomic E-state index is 11.6. The summed E-state index contributed by atoms with van der Waals surface area (Å²) >= 11 is 3.46. The van der Waals surface area contributed by atoms with Gasteiger partial charge in [-0.1, -0.05) is 15.9 Å². The SMILES string of the molecule is CC(N)c1cc(Br)ccc1N1CCCNC(=O)C1. The Hall–Kier alpha value is -1.07. The zero-order valence-electron chi connectivity index (χ0n) is 10.4. The van der Waals surface area contributed by atoms with E-state index < -0.39 is 0 Å². The number of carbonyl (C=O) groups is 1. The lowest BCUT2D eigenvalue weighted by molar-refractivity contribution is -0.119. The summed E-state index contributed by atoms with van der Waals surface area (Å²) < 4.78 is 1.01. The number of rotatable bonds is 2. The molecule has 0 aromatic heterocycles. The van der Waals surface area contributed by atoms with Crippen LogP contribution in [0.15, 0.2) is 22.7 Å². The van der Waals surface area contributed by atoms with Crippen molar-refractivity contribution in [2.75, 3.05) is 24.5 Å². The first kappa shape index (κ1) is 13.4. The summed E-state index contributed by atoms with van der Waals surface area (Å²) in [4.78, 5) is 13.7. The first-order valence-electron chi connectivity index (χ1n) is 6.14. The van der Waals surface area contributed by atoms with Crippen molar-refractivity contribution in [2.45, 2.75) is 19.4 Å². The summed E-state index contributed by atoms with van der Waals surface area (Å²) in [6.45, 7) is 3.99. The lowest BCUT2D eigenvalue weighted by Gasteiger charge is -2.25. The van der Waals surface area contributed by atoms with Crippen molar-refractivity contribution in [1.29, 1.82) is 0 Å². The van der Waals surface area contributed by atoms with Gasteiger partial charge >= 0.3 is 0 Å². The van der Waals surface area contributed by atoms with Crippen LogP contribution in [0, 0.1) is 0 Å². The number of halogens is 1. The topological polar surface area (TPSA) is 58.4 Å². The second-order valence-corrected chi connectivity index (χ2v) is 5.53. The van der Waals surface area contributed by atoms with Crippen molar-refractivity contribution in [3.63, 3.8) is 0 Å². The van der Waals surface area contributed by atoms with E-state index in [0.717, 1.165) is 35.2 Å². The molecule has 0 bridgehead atoms. The van der Waals surface area contributed by atoms with Gasteiger partial charge in [-0.05, 0) is 37.1 Å². The highest BCUT2D eigenvalue weighted by Crippen LogP contribution is 2.29. The summed E-state index contributed by atoms with van der Waals surface area (Å²) in [6.07, 6.45) is 0.959. The number of hydrogen-bond acceptors (Lipinski definition) is 3. The van der Waals surface area contributed by atoms with Crippen LogP contribution in [-0.2, 0) is 4.79 Å². The highest BCUT2D eigenvalue weighted by Gasteiger charge is 2.18. The molecule has 1 fully saturated rings. The van der Waals surface area contributed by atoms with Crippen LogP contribution in [0.2, 0.25) is 0 Å². The zero-order valence-corrected chi connectivity index (χ0v) is 12.0. The van der Waals surface area contributed by atoms with Crippen molar-refractivity contribution < 1.29 is 4.79 Å². The molecule has 1 aromatic rings. The fourth-order valence-electron chi connectivity index (χ4n) is 2.19. The van der Waals surface area contributed by atoms with Crippen molar-refractivity contribution in [1.82, 2.24) is 5.32 Å². The number of carbonyl (C=O) groups excluding carboxylic acids is 1. The first-order valence-corrected chi connectivity index (χ1v) is 6.94. The molecular weight excluding hydrogens is 294 g/mol. The maximum atomic E-state index is 11.6. The minimum absolute atomic E-state index is 0.0520. The molecule has 4 nitrogen and oxygen atoms in total. The standard InChI is InChI=1S/C13H18BrN3O/c1-9(15)11-7-10(14)3-4-12(11)17-6-2-5-16-13(18)8-17/h3-4,7,9H,2,5-6,8,15H2,1H3,(H,16,18). The van der Waals surface area contributed by atoms with Gasteiger partial charge in [-0.3, -0.25) is 4.79 Å². The van der Waals surface area contributed by atoms with Crippen molar-refractivity contribution in [2.24, 2.45) is 5.73 Å². The van der Waals surface area contributed by atoms with Gasteiger partial charge in [0.05, 0.1) is 6.54 Å². The van der Waals surface area contributed by atoms with Crippen LogP contribution in [0.4, 0.5) is 5.69 Å². The number of hydrogen-bond donors (Lipinski definition) is 2. The molecule has 0 saturated carbocycles. The molecule has 0 aliphatic carbocycles. The van der Waals surface area contributed by atoms with E-state index in [1.807, 2.05) is 25.1 Å². The predicted molar refractivity (Wildman–Crippen MR) is 76.6 cm³/mol. The van der Waals surface area contributed by atoms with Crippen molar-refractivity contribution >= 4 is 27.5 Å². The van der Waals surface area contributed by atoms with Gasteiger partial charge in [0.25, 0.3) is 0 Å². The van der Waals surface area contributed by atoms with Crippen molar-refractivity contribution in [3.05, 3.63) is 28.2 Å². The molecule has 18 heavy (non-hydrogen) atoms. The summed E-state index contributed by atoms with van der Waals surface area (Å²) in [7, 11) is 0. The van der Waals surface area contributed by atoms with Crippen LogP contribution in [0.5, 0.6) is 0 Å². The molecule has 0 radical (unpaired) electrons. The zero-order chi connectivity index (χ0) is 13.1. The van der Waals surface area contributed by atoms with E-state index in [4.69, 9.17) is 5.73 Å². The molecule has 1 unspecified atom stereocenters. The van der Waals surface area contributed by atoms with E-state index in [1.165, 1.54) is 0 Å². The van der Waals surface area contributed by atoms with Gasteiger partial charge in [-0.15, -0.1) is 0 Å². The Morgan fingerprint density at radius 2 is 2.28 bits per heavy atom. The Kier molecular flexibility index (Phi) is 4.24. The van der Waals surface area contributed by atoms with Crippen LogP contribution in [0.1, 0.15) is 24.9 Å². The largest absolute Gasteiger partial charge is 0.362 e. The molecule has 1 amide bonds. The van der Waals surface area contributed by atoms with Gasteiger partial charge in [-0.25, -0.2) is 0 Å². The molecule has 1 atom stereocenters. The molecule has 3 N–H and O–H groups in total. The third-order valence-corrected chi connectivity index (χ3v) is 3.58. The second kappa shape index (κ2) is 5.71. The van der Waals surface area contributed by atoms with Gasteiger partial charge in [0.1, 0.15) is 0 Å². The third-order valence-electron chi connectivity index (χ3n) is 3.08. The molecule has 2 rings (SSSR count). The lowest BCUT2D eigenvalue weighted by Crippen LogP contribution is -2.33. The van der Waals surface area contributed by atoms with E-state index in [1.54, 1.807) is 0 Å². The molecule has 1 aliphatic heterocycles. The van der Waals surface area contributed by atoms with Gasteiger partial charge in [0, 0.05) is 29.3 Å². The summed E-state index contributed by atoms with van der Waals surface area (Å²) in [5.74, 6) is 0.0750. The Bertz CT molecular complexity index is 448. The molecule has 0 spiro atoms. The molecule has 1 aliphatic rings. The lowest BCUT2D eigenvalue weighted by atomic mass is 10.1. The Balaban J connectivity index is 2.33. The minimum Gasteiger partial charge on any atom is -0.362 e. The van der Waals surface area contributed by atoms with E-state index in [-0.39, 0.29) is 11.9 Å². The average Bonchev–Trinajstić information content (AvgIpc) is 2.53. The fourth-order valence-corrected chi connectivity index (χ4v) is 2.57. The predicted octanol–water partition coefficient (Wildman–Crippen LogP) is 1.80. The van der Waals surface area contributed by atoms with Gasteiger partial charge in [0.15, 0.2) is 0 Å². The quantitative estimate of drug-likeness (QED) is 0.875. The minimum atomic E-state index is -0.0520.